The first kappa shape index (κ1) is 18.2. The summed E-state index contributed by atoms with van der Waals surface area (Å²) in [5, 5.41) is 4.05. The molecule has 0 fully saturated rings. The third kappa shape index (κ3) is 3.16. The van der Waals surface area contributed by atoms with Crippen molar-refractivity contribution in [3.63, 3.8) is 0 Å². The van der Waals surface area contributed by atoms with Crippen LogP contribution in [-0.4, -0.2) is 21.0 Å². The summed E-state index contributed by atoms with van der Waals surface area (Å²) in [4.78, 5) is 0.253. The van der Waals surface area contributed by atoms with Crippen molar-refractivity contribution in [1.82, 2.24) is 5.32 Å². The van der Waals surface area contributed by atoms with E-state index >= 15 is 0 Å². The van der Waals surface area contributed by atoms with Crippen LogP contribution in [-0.2, 0) is 10.0 Å². The van der Waals surface area contributed by atoms with Crippen LogP contribution in [0.1, 0.15) is 44.4 Å². The summed E-state index contributed by atoms with van der Waals surface area (Å²) in [5.41, 5.74) is 2.19. The van der Waals surface area contributed by atoms with Crippen LogP contribution < -0.4 is 9.62 Å². The van der Waals surface area contributed by atoms with Crippen LogP contribution >= 0.6 is 11.6 Å². The van der Waals surface area contributed by atoms with Gasteiger partial charge in [-0.1, -0.05) is 42.8 Å². The highest BCUT2D eigenvalue weighted by Gasteiger charge is 2.36. The number of nitrogens with zero attached hydrogens (tertiary/aromatic N) is 1. The maximum Gasteiger partial charge on any atom is 0.264 e. The van der Waals surface area contributed by atoms with Gasteiger partial charge in [-0.15, -0.1) is 0 Å². The van der Waals surface area contributed by atoms with E-state index in [1.54, 1.807) is 19.2 Å². The van der Waals surface area contributed by atoms with Gasteiger partial charge < -0.3 is 5.32 Å². The summed E-state index contributed by atoms with van der Waals surface area (Å²) in [5.74, 6) is 0. The Morgan fingerprint density at radius 1 is 1.16 bits per heavy atom. The number of para-hydroxylation sites is 1. The van der Waals surface area contributed by atoms with Gasteiger partial charge in [-0.05, 0) is 49.6 Å². The summed E-state index contributed by atoms with van der Waals surface area (Å²) >= 11 is 6.12. The summed E-state index contributed by atoms with van der Waals surface area (Å²) in [6, 6.07) is 12.5. The molecule has 25 heavy (non-hydrogen) atoms. The fourth-order valence-corrected chi connectivity index (χ4v) is 4.80. The van der Waals surface area contributed by atoms with Crippen molar-refractivity contribution < 1.29 is 8.42 Å². The zero-order valence-corrected chi connectivity index (χ0v) is 16.4. The number of halogens is 1. The maximum absolute atomic E-state index is 13.2. The number of fused-ring (bicyclic) bond motifs is 2. The van der Waals surface area contributed by atoms with Crippen molar-refractivity contribution in [2.45, 2.75) is 43.7 Å². The molecule has 6 heteroatoms. The molecular formula is C19H23ClN2O2S. The average molecular weight is 379 g/mol. The fourth-order valence-electron chi connectivity index (χ4n) is 3.08. The molecule has 1 atom stereocenters. The zero-order valence-electron chi connectivity index (χ0n) is 14.9. The summed E-state index contributed by atoms with van der Waals surface area (Å²) < 4.78 is 27.7. The lowest BCUT2D eigenvalue weighted by molar-refractivity contribution is 0.347. The molecule has 0 radical (unpaired) electrons. The predicted molar refractivity (Wildman–Crippen MR) is 103 cm³/mol. The van der Waals surface area contributed by atoms with Gasteiger partial charge in [0.25, 0.3) is 10.0 Å². The maximum atomic E-state index is 13.2. The van der Waals surface area contributed by atoms with Crippen LogP contribution in [0, 0.1) is 0 Å². The topological polar surface area (TPSA) is 49.4 Å². The monoisotopic (exact) mass is 378 g/mol. The van der Waals surface area contributed by atoms with Gasteiger partial charge >= 0.3 is 0 Å². The third-order valence-electron chi connectivity index (χ3n) is 4.93. The summed E-state index contributed by atoms with van der Waals surface area (Å²) in [7, 11) is -2.09. The molecule has 0 saturated carbocycles. The highest BCUT2D eigenvalue weighted by atomic mass is 35.5. The molecule has 3 rings (SSSR count). The molecule has 134 valence electrons. The van der Waals surface area contributed by atoms with E-state index in [0.717, 1.165) is 17.5 Å². The standard InChI is InChI=1S/C19H23ClN2O2S/c1-5-19(2,3)21-18-14-8-6-7-9-16(14)22(4)25(23,24)17-12-13(20)10-11-15(17)18/h6-12,18,21H,5H2,1-4H3. The molecule has 1 N–H and O–H groups in total. The third-order valence-corrected chi connectivity index (χ3v) is 6.99. The molecule has 2 aromatic rings. The minimum absolute atomic E-state index is 0.151. The first-order valence-corrected chi connectivity index (χ1v) is 10.1. The molecule has 2 aromatic carbocycles. The molecular weight excluding hydrogens is 356 g/mol. The van der Waals surface area contributed by atoms with Crippen molar-refractivity contribution in [1.29, 1.82) is 0 Å². The van der Waals surface area contributed by atoms with E-state index in [2.05, 4.69) is 26.1 Å². The Balaban J connectivity index is 2.33. The van der Waals surface area contributed by atoms with Crippen molar-refractivity contribution in [2.75, 3.05) is 11.4 Å². The van der Waals surface area contributed by atoms with E-state index < -0.39 is 10.0 Å². The first-order valence-electron chi connectivity index (χ1n) is 8.32. The molecule has 0 amide bonds. The highest BCUT2D eigenvalue weighted by molar-refractivity contribution is 7.92. The van der Waals surface area contributed by atoms with E-state index in [1.807, 2.05) is 30.3 Å². The Labute approximate surface area is 154 Å². The number of nitrogens with one attached hydrogen (secondary N) is 1. The first-order chi connectivity index (χ1) is 11.7. The van der Waals surface area contributed by atoms with Crippen molar-refractivity contribution in [2.24, 2.45) is 0 Å². The second-order valence-electron chi connectivity index (χ2n) is 7.03. The number of rotatable bonds is 3. The van der Waals surface area contributed by atoms with Crippen LogP contribution in [0.2, 0.25) is 5.02 Å². The minimum Gasteiger partial charge on any atom is -0.301 e. The number of anilines is 1. The van der Waals surface area contributed by atoms with Crippen molar-refractivity contribution in [3.8, 4) is 0 Å². The normalized spacial score (nSPS) is 19.1. The lowest BCUT2D eigenvalue weighted by atomic mass is 9.92. The second-order valence-corrected chi connectivity index (χ2v) is 9.40. The van der Waals surface area contributed by atoms with E-state index in [9.17, 15) is 8.42 Å². The highest BCUT2D eigenvalue weighted by Crippen LogP contribution is 2.41. The largest absolute Gasteiger partial charge is 0.301 e. The molecule has 0 saturated heterocycles. The second kappa shape index (κ2) is 6.31. The van der Waals surface area contributed by atoms with Crippen LogP contribution in [0.3, 0.4) is 0 Å². The fraction of sp³-hybridized carbons (Fsp3) is 0.368. The molecule has 0 bridgehead atoms. The van der Waals surface area contributed by atoms with Crippen LogP contribution in [0.25, 0.3) is 0 Å². The molecule has 4 nitrogen and oxygen atoms in total. The Morgan fingerprint density at radius 3 is 2.52 bits per heavy atom. The molecule has 0 spiro atoms. The van der Waals surface area contributed by atoms with Gasteiger partial charge in [0.05, 0.1) is 16.6 Å². The molecule has 1 heterocycles. The quantitative estimate of drug-likeness (QED) is 0.863. The van der Waals surface area contributed by atoms with Gasteiger partial charge in [0, 0.05) is 17.6 Å². The van der Waals surface area contributed by atoms with E-state index in [-0.39, 0.29) is 16.5 Å². The Morgan fingerprint density at radius 2 is 1.84 bits per heavy atom. The van der Waals surface area contributed by atoms with Crippen molar-refractivity contribution >= 4 is 27.3 Å². The Kier molecular flexibility index (Phi) is 4.60. The molecule has 0 aliphatic carbocycles. The average Bonchev–Trinajstić information content (AvgIpc) is 2.64. The van der Waals surface area contributed by atoms with Crippen LogP contribution in [0.15, 0.2) is 47.4 Å². The zero-order chi connectivity index (χ0) is 18.4. The lowest BCUT2D eigenvalue weighted by Crippen LogP contribution is -2.41. The molecule has 1 aliphatic rings. The molecule has 0 aromatic heterocycles. The number of sulfonamides is 1. The SMILES string of the molecule is CCC(C)(C)NC1c2ccccc2N(C)S(=O)(=O)c2cc(Cl)ccc21. The van der Waals surface area contributed by atoms with E-state index in [0.29, 0.717) is 10.7 Å². The predicted octanol–water partition coefficient (Wildman–Crippen LogP) is 4.35. The van der Waals surface area contributed by atoms with Gasteiger partial charge in [-0.25, -0.2) is 8.42 Å². The molecule has 1 aliphatic heterocycles. The minimum atomic E-state index is -3.68. The van der Waals surface area contributed by atoms with E-state index in [4.69, 9.17) is 11.6 Å². The van der Waals surface area contributed by atoms with Gasteiger partial charge in [0.2, 0.25) is 0 Å². The van der Waals surface area contributed by atoms with Crippen molar-refractivity contribution in [3.05, 3.63) is 58.6 Å². The van der Waals surface area contributed by atoms with Gasteiger partial charge in [0.1, 0.15) is 0 Å². The number of hydrogen-bond acceptors (Lipinski definition) is 3. The smallest absolute Gasteiger partial charge is 0.264 e. The summed E-state index contributed by atoms with van der Waals surface area (Å²) in [6.45, 7) is 6.35. The summed E-state index contributed by atoms with van der Waals surface area (Å²) in [6.07, 6.45) is 0.914. The van der Waals surface area contributed by atoms with Gasteiger partial charge in [-0.2, -0.15) is 0 Å². The Hall–Kier alpha value is -1.56. The van der Waals surface area contributed by atoms with Gasteiger partial charge in [0.15, 0.2) is 0 Å². The number of hydrogen-bond donors (Lipinski definition) is 1. The van der Waals surface area contributed by atoms with Crippen LogP contribution in [0.4, 0.5) is 5.69 Å². The lowest BCUT2D eigenvalue weighted by Gasteiger charge is -2.32. The Bertz CT molecular complexity index is 909. The van der Waals surface area contributed by atoms with E-state index in [1.165, 1.54) is 4.31 Å². The van der Waals surface area contributed by atoms with Gasteiger partial charge in [-0.3, -0.25) is 4.31 Å². The van der Waals surface area contributed by atoms with Crippen LogP contribution in [0.5, 0.6) is 0 Å². The number of benzene rings is 2. The molecule has 1 unspecified atom stereocenters.